The van der Waals surface area contributed by atoms with Gasteiger partial charge < -0.3 is 15.4 Å². The smallest absolute Gasteiger partial charge is 0.305 e. The first-order valence-electron chi connectivity index (χ1n) is 7.41. The summed E-state index contributed by atoms with van der Waals surface area (Å²) in [6.45, 7) is 1.46. The van der Waals surface area contributed by atoms with Crippen LogP contribution in [0.15, 0.2) is 29.3 Å². The van der Waals surface area contributed by atoms with E-state index in [4.69, 9.17) is 0 Å². The van der Waals surface area contributed by atoms with Gasteiger partial charge in [0.05, 0.1) is 7.11 Å². The van der Waals surface area contributed by atoms with Gasteiger partial charge in [0.1, 0.15) is 5.82 Å². The summed E-state index contributed by atoms with van der Waals surface area (Å²) in [6, 6.07) is 6.48. The molecule has 0 aromatic heterocycles. The lowest BCUT2D eigenvalue weighted by Crippen LogP contribution is -2.38. The molecular weight excluding hydrogens is 285 g/mol. The average Bonchev–Trinajstić information content (AvgIpc) is 2.54. The first kappa shape index (κ1) is 17.9. The molecule has 0 saturated carbocycles. The molecule has 122 valence electrons. The Kier molecular flexibility index (Phi) is 8.64. The number of carbonyl (C=O) groups excluding carboxylic acids is 1. The Morgan fingerprint density at radius 3 is 2.50 bits per heavy atom. The maximum atomic E-state index is 12.8. The number of hydrogen-bond donors (Lipinski definition) is 2. The van der Waals surface area contributed by atoms with Crippen molar-refractivity contribution in [2.45, 2.75) is 25.7 Å². The fraction of sp³-hybridized carbons (Fsp3) is 0.500. The number of nitrogens with zero attached hydrogens (tertiary/aromatic N) is 1. The lowest BCUT2D eigenvalue weighted by atomic mass is 10.1. The molecule has 0 atom stereocenters. The van der Waals surface area contributed by atoms with E-state index < -0.39 is 0 Å². The molecular formula is C16H24FN3O2. The normalized spacial score (nSPS) is 11.1. The summed E-state index contributed by atoms with van der Waals surface area (Å²) in [5.74, 6) is 0.322. The summed E-state index contributed by atoms with van der Waals surface area (Å²) >= 11 is 0. The Labute approximate surface area is 131 Å². The zero-order valence-electron chi connectivity index (χ0n) is 13.2. The van der Waals surface area contributed by atoms with Crippen molar-refractivity contribution in [1.82, 2.24) is 10.6 Å². The van der Waals surface area contributed by atoms with Crippen molar-refractivity contribution in [3.63, 3.8) is 0 Å². The summed E-state index contributed by atoms with van der Waals surface area (Å²) in [7, 11) is 3.11. The van der Waals surface area contributed by atoms with Crippen LogP contribution in [0, 0.1) is 5.82 Å². The maximum absolute atomic E-state index is 12.8. The van der Waals surface area contributed by atoms with Gasteiger partial charge in [-0.3, -0.25) is 9.79 Å². The van der Waals surface area contributed by atoms with Crippen molar-refractivity contribution in [2.75, 3.05) is 27.2 Å². The third kappa shape index (κ3) is 7.61. The summed E-state index contributed by atoms with van der Waals surface area (Å²) in [5, 5.41) is 6.38. The predicted molar refractivity (Wildman–Crippen MR) is 85.3 cm³/mol. The Morgan fingerprint density at radius 2 is 1.86 bits per heavy atom. The molecule has 0 spiro atoms. The van der Waals surface area contributed by atoms with Crippen LogP contribution in [0.4, 0.5) is 4.39 Å². The summed E-state index contributed by atoms with van der Waals surface area (Å²) < 4.78 is 17.4. The first-order valence-corrected chi connectivity index (χ1v) is 7.41. The van der Waals surface area contributed by atoms with Crippen molar-refractivity contribution in [3.8, 4) is 0 Å². The number of nitrogens with one attached hydrogen (secondary N) is 2. The molecule has 22 heavy (non-hydrogen) atoms. The molecule has 1 rings (SSSR count). The van der Waals surface area contributed by atoms with E-state index in [1.165, 1.54) is 19.2 Å². The molecule has 1 aromatic carbocycles. The van der Waals surface area contributed by atoms with Gasteiger partial charge in [-0.05, 0) is 37.0 Å². The molecule has 0 aliphatic carbocycles. The number of guanidine groups is 1. The average molecular weight is 309 g/mol. The largest absolute Gasteiger partial charge is 0.469 e. The number of methoxy groups -OCH3 is 1. The molecule has 0 saturated heterocycles. The van der Waals surface area contributed by atoms with E-state index in [1.54, 1.807) is 19.2 Å². The third-order valence-corrected chi connectivity index (χ3v) is 3.17. The van der Waals surface area contributed by atoms with Gasteiger partial charge in [-0.15, -0.1) is 0 Å². The Bertz CT molecular complexity index is 475. The third-order valence-electron chi connectivity index (χ3n) is 3.17. The van der Waals surface area contributed by atoms with Crippen LogP contribution in [0.5, 0.6) is 0 Å². The lowest BCUT2D eigenvalue weighted by Gasteiger charge is -2.11. The Balaban J connectivity index is 2.14. The standard InChI is InChI=1S/C16H24FN3O2/c1-18-16(19-11-4-3-5-15(21)22-2)20-12-10-13-6-8-14(17)9-7-13/h6-9H,3-5,10-12H2,1-2H3,(H2,18,19,20). The number of carbonyl (C=O) groups is 1. The molecule has 6 heteroatoms. The van der Waals surface area contributed by atoms with E-state index in [0.717, 1.165) is 37.3 Å². The molecule has 0 heterocycles. The molecule has 5 nitrogen and oxygen atoms in total. The number of esters is 1. The van der Waals surface area contributed by atoms with E-state index in [2.05, 4.69) is 20.4 Å². The number of halogens is 1. The monoisotopic (exact) mass is 309 g/mol. The molecule has 0 bridgehead atoms. The van der Waals surface area contributed by atoms with Crippen LogP contribution in [0.25, 0.3) is 0 Å². The molecule has 0 radical (unpaired) electrons. The van der Waals surface area contributed by atoms with E-state index in [1.807, 2.05) is 0 Å². The van der Waals surface area contributed by atoms with Crippen LogP contribution in [-0.2, 0) is 16.0 Å². The predicted octanol–water partition coefficient (Wildman–Crippen LogP) is 1.88. The van der Waals surface area contributed by atoms with E-state index >= 15 is 0 Å². The van der Waals surface area contributed by atoms with E-state index in [9.17, 15) is 9.18 Å². The second kappa shape index (κ2) is 10.6. The topological polar surface area (TPSA) is 62.7 Å². The Morgan fingerprint density at radius 1 is 1.18 bits per heavy atom. The zero-order chi connectivity index (χ0) is 16.2. The van der Waals surface area contributed by atoms with Gasteiger partial charge in [0.15, 0.2) is 5.96 Å². The van der Waals surface area contributed by atoms with Crippen molar-refractivity contribution in [3.05, 3.63) is 35.6 Å². The quantitative estimate of drug-likeness (QED) is 0.333. The van der Waals surface area contributed by atoms with Crippen molar-refractivity contribution >= 4 is 11.9 Å². The molecule has 0 fully saturated rings. The van der Waals surface area contributed by atoms with Crippen molar-refractivity contribution < 1.29 is 13.9 Å². The number of benzene rings is 1. The Hall–Kier alpha value is -2.11. The maximum Gasteiger partial charge on any atom is 0.305 e. The summed E-state index contributed by atoms with van der Waals surface area (Å²) in [4.78, 5) is 15.1. The van der Waals surface area contributed by atoms with Gasteiger partial charge in [0.25, 0.3) is 0 Å². The SMILES string of the molecule is CN=C(NCCCCC(=O)OC)NCCc1ccc(F)cc1. The van der Waals surface area contributed by atoms with Crippen molar-refractivity contribution in [2.24, 2.45) is 4.99 Å². The first-order chi connectivity index (χ1) is 10.7. The fourth-order valence-corrected chi connectivity index (χ4v) is 1.90. The lowest BCUT2D eigenvalue weighted by molar-refractivity contribution is -0.140. The fourth-order valence-electron chi connectivity index (χ4n) is 1.90. The number of hydrogen-bond acceptors (Lipinski definition) is 3. The zero-order valence-corrected chi connectivity index (χ0v) is 13.2. The highest BCUT2D eigenvalue weighted by Crippen LogP contribution is 2.02. The number of aliphatic imine (C=N–C) groups is 1. The van der Waals surface area contributed by atoms with Gasteiger partial charge in [-0.2, -0.15) is 0 Å². The number of unbranched alkanes of at least 4 members (excludes halogenated alkanes) is 1. The van der Waals surface area contributed by atoms with Crippen LogP contribution in [0.2, 0.25) is 0 Å². The van der Waals surface area contributed by atoms with Gasteiger partial charge in [-0.25, -0.2) is 4.39 Å². The molecule has 0 aliphatic rings. The van der Waals surface area contributed by atoms with E-state index in [0.29, 0.717) is 13.0 Å². The van der Waals surface area contributed by atoms with Crippen LogP contribution in [0.3, 0.4) is 0 Å². The minimum atomic E-state index is -0.221. The van der Waals surface area contributed by atoms with Gasteiger partial charge in [0, 0.05) is 26.6 Å². The second-order valence-corrected chi connectivity index (χ2v) is 4.84. The second-order valence-electron chi connectivity index (χ2n) is 4.84. The molecule has 1 aromatic rings. The van der Waals surface area contributed by atoms with Crippen molar-refractivity contribution in [1.29, 1.82) is 0 Å². The number of rotatable bonds is 8. The molecule has 0 unspecified atom stereocenters. The van der Waals surface area contributed by atoms with Crippen LogP contribution in [-0.4, -0.2) is 39.2 Å². The van der Waals surface area contributed by atoms with E-state index in [-0.39, 0.29) is 11.8 Å². The minimum absolute atomic E-state index is 0.179. The number of ether oxygens (including phenoxy) is 1. The van der Waals surface area contributed by atoms with Gasteiger partial charge in [-0.1, -0.05) is 12.1 Å². The summed E-state index contributed by atoms with van der Waals surface area (Å²) in [5.41, 5.74) is 1.07. The molecule has 0 amide bonds. The molecule has 0 aliphatic heterocycles. The summed E-state index contributed by atoms with van der Waals surface area (Å²) in [6.07, 6.45) is 2.89. The van der Waals surface area contributed by atoms with Crippen LogP contribution in [0.1, 0.15) is 24.8 Å². The highest BCUT2D eigenvalue weighted by Gasteiger charge is 2.01. The van der Waals surface area contributed by atoms with Gasteiger partial charge >= 0.3 is 5.97 Å². The highest BCUT2D eigenvalue weighted by molar-refractivity contribution is 5.79. The molecule has 2 N–H and O–H groups in total. The van der Waals surface area contributed by atoms with Crippen LogP contribution < -0.4 is 10.6 Å². The highest BCUT2D eigenvalue weighted by atomic mass is 19.1. The van der Waals surface area contributed by atoms with Gasteiger partial charge in [0.2, 0.25) is 0 Å². The minimum Gasteiger partial charge on any atom is -0.469 e. The van der Waals surface area contributed by atoms with Crippen LogP contribution >= 0.6 is 0 Å².